The summed E-state index contributed by atoms with van der Waals surface area (Å²) in [5.41, 5.74) is -0.960. The summed E-state index contributed by atoms with van der Waals surface area (Å²) >= 11 is 5.64. The first-order valence-corrected chi connectivity index (χ1v) is 5.63. The molecule has 100 valence electrons. The zero-order valence-electron chi connectivity index (χ0n) is 9.84. The highest BCUT2D eigenvalue weighted by Crippen LogP contribution is 2.32. The summed E-state index contributed by atoms with van der Waals surface area (Å²) in [6.45, 7) is 3.89. The monoisotopic (exact) mass is 280 g/mol. The summed E-state index contributed by atoms with van der Waals surface area (Å²) in [7, 11) is 0. The molecule has 0 aliphatic heterocycles. The molecule has 18 heavy (non-hydrogen) atoms. The van der Waals surface area contributed by atoms with Gasteiger partial charge in [-0.3, -0.25) is 0 Å². The highest BCUT2D eigenvalue weighted by Gasteiger charge is 2.31. The van der Waals surface area contributed by atoms with Gasteiger partial charge in [0.15, 0.2) is 0 Å². The van der Waals surface area contributed by atoms with Gasteiger partial charge in [0.25, 0.3) is 0 Å². The Bertz CT molecular complexity index is 441. The zero-order chi connectivity index (χ0) is 13.9. The number of esters is 1. The minimum Gasteiger partial charge on any atom is -0.462 e. The fraction of sp³-hybridized carbons (Fsp3) is 0.417. The van der Waals surface area contributed by atoms with Gasteiger partial charge in [-0.1, -0.05) is 25.4 Å². The number of rotatable bonds is 3. The first-order valence-electron chi connectivity index (χ1n) is 5.25. The van der Waals surface area contributed by atoms with Crippen molar-refractivity contribution in [3.63, 3.8) is 0 Å². The molecule has 0 atom stereocenters. The van der Waals surface area contributed by atoms with Crippen LogP contribution in [0.2, 0.25) is 5.02 Å². The maximum Gasteiger partial charge on any atom is 0.416 e. The largest absolute Gasteiger partial charge is 0.462 e. The Balaban J connectivity index is 2.89. The molecule has 0 saturated carbocycles. The van der Waals surface area contributed by atoms with Gasteiger partial charge >= 0.3 is 12.1 Å². The van der Waals surface area contributed by atoms with Crippen molar-refractivity contribution in [2.75, 3.05) is 6.61 Å². The lowest BCUT2D eigenvalue weighted by Crippen LogP contribution is -2.12. The smallest absolute Gasteiger partial charge is 0.416 e. The minimum atomic E-state index is -4.48. The number of alkyl halides is 3. The van der Waals surface area contributed by atoms with Gasteiger partial charge in [0.2, 0.25) is 0 Å². The molecule has 0 heterocycles. The number of benzene rings is 1. The molecule has 0 bridgehead atoms. The molecule has 2 nitrogen and oxygen atoms in total. The van der Waals surface area contributed by atoms with Gasteiger partial charge in [0, 0.05) is 0 Å². The molecular formula is C12H12ClF3O2. The van der Waals surface area contributed by atoms with Crippen molar-refractivity contribution in [3.8, 4) is 0 Å². The van der Waals surface area contributed by atoms with Crippen molar-refractivity contribution in [2.24, 2.45) is 5.92 Å². The van der Waals surface area contributed by atoms with Crippen LogP contribution in [0.15, 0.2) is 18.2 Å². The van der Waals surface area contributed by atoms with Crippen molar-refractivity contribution < 1.29 is 22.7 Å². The lowest BCUT2D eigenvalue weighted by atomic mass is 10.1. The molecule has 6 heteroatoms. The van der Waals surface area contributed by atoms with Crippen molar-refractivity contribution in [1.29, 1.82) is 0 Å². The van der Waals surface area contributed by atoms with Crippen molar-refractivity contribution in [2.45, 2.75) is 20.0 Å². The molecule has 0 amide bonds. The summed E-state index contributed by atoms with van der Waals surface area (Å²) in [5.74, 6) is -0.579. The molecule has 0 N–H and O–H groups in total. The highest BCUT2D eigenvalue weighted by molar-refractivity contribution is 6.33. The van der Waals surface area contributed by atoms with E-state index < -0.39 is 17.7 Å². The molecule has 0 saturated heterocycles. The molecule has 0 aliphatic rings. The van der Waals surface area contributed by atoms with Gasteiger partial charge in [-0.15, -0.1) is 0 Å². The van der Waals surface area contributed by atoms with Crippen LogP contribution < -0.4 is 0 Å². The topological polar surface area (TPSA) is 26.3 Å². The van der Waals surface area contributed by atoms with E-state index in [0.29, 0.717) is 6.07 Å². The van der Waals surface area contributed by atoms with Crippen LogP contribution in [0.25, 0.3) is 0 Å². The van der Waals surface area contributed by atoms with Crippen LogP contribution in [0.5, 0.6) is 0 Å². The predicted octanol–water partition coefficient (Wildman–Crippen LogP) is 4.17. The molecule has 0 aromatic heterocycles. The first kappa shape index (κ1) is 14.8. The molecule has 0 unspecified atom stereocenters. The number of carbonyl (C=O) groups excluding carboxylic acids is 1. The van der Waals surface area contributed by atoms with Crippen LogP contribution in [0, 0.1) is 5.92 Å². The standard InChI is InChI=1S/C12H12ClF3O2/c1-7(2)6-18-11(17)9-4-3-8(5-10(9)13)12(14,15)16/h3-5,7H,6H2,1-2H3. The zero-order valence-corrected chi connectivity index (χ0v) is 10.6. The van der Waals surface area contributed by atoms with Gasteiger partial charge in [-0.05, 0) is 24.1 Å². The summed E-state index contributed by atoms with van der Waals surface area (Å²) < 4.78 is 42.0. The average Bonchev–Trinajstić information content (AvgIpc) is 2.24. The molecule has 0 radical (unpaired) electrons. The van der Waals surface area contributed by atoms with Crippen molar-refractivity contribution in [3.05, 3.63) is 34.3 Å². The molecule has 0 fully saturated rings. The van der Waals surface area contributed by atoms with Crippen molar-refractivity contribution in [1.82, 2.24) is 0 Å². The maximum atomic E-state index is 12.4. The lowest BCUT2D eigenvalue weighted by Gasteiger charge is -2.10. The van der Waals surface area contributed by atoms with Gasteiger partial charge in [-0.2, -0.15) is 13.2 Å². The van der Waals surface area contributed by atoms with Crippen LogP contribution in [0.4, 0.5) is 13.2 Å². The Morgan fingerprint density at radius 2 is 2.00 bits per heavy atom. The predicted molar refractivity (Wildman–Crippen MR) is 61.6 cm³/mol. The summed E-state index contributed by atoms with van der Waals surface area (Å²) in [6.07, 6.45) is -4.48. The summed E-state index contributed by atoms with van der Waals surface area (Å²) in [4.78, 5) is 11.5. The van der Waals surface area contributed by atoms with Crippen LogP contribution in [-0.4, -0.2) is 12.6 Å². The highest BCUT2D eigenvalue weighted by atomic mass is 35.5. The van der Waals surface area contributed by atoms with E-state index in [0.717, 1.165) is 12.1 Å². The van der Waals surface area contributed by atoms with E-state index in [4.69, 9.17) is 16.3 Å². The molecule has 0 aliphatic carbocycles. The third-order valence-corrected chi connectivity index (χ3v) is 2.38. The fourth-order valence-corrected chi connectivity index (χ4v) is 1.43. The Labute approximate surface area is 108 Å². The lowest BCUT2D eigenvalue weighted by molar-refractivity contribution is -0.137. The third-order valence-electron chi connectivity index (χ3n) is 2.06. The number of hydrogen-bond donors (Lipinski definition) is 0. The van der Waals surface area contributed by atoms with Crippen LogP contribution >= 0.6 is 11.6 Å². The quantitative estimate of drug-likeness (QED) is 0.777. The second-order valence-electron chi connectivity index (χ2n) is 4.18. The van der Waals surface area contributed by atoms with E-state index in [1.165, 1.54) is 0 Å². The van der Waals surface area contributed by atoms with Crippen LogP contribution in [0.1, 0.15) is 29.8 Å². The van der Waals surface area contributed by atoms with E-state index in [2.05, 4.69) is 0 Å². The van der Waals surface area contributed by atoms with Gasteiger partial charge in [-0.25, -0.2) is 4.79 Å². The third kappa shape index (κ3) is 3.91. The Kier molecular flexibility index (Phi) is 4.62. The average molecular weight is 281 g/mol. The Morgan fingerprint density at radius 1 is 1.39 bits per heavy atom. The van der Waals surface area contributed by atoms with Crippen LogP contribution in [-0.2, 0) is 10.9 Å². The number of carbonyl (C=O) groups is 1. The molecule has 0 spiro atoms. The van der Waals surface area contributed by atoms with Crippen molar-refractivity contribution >= 4 is 17.6 Å². The van der Waals surface area contributed by atoms with Gasteiger partial charge < -0.3 is 4.74 Å². The van der Waals surface area contributed by atoms with E-state index in [9.17, 15) is 18.0 Å². The second kappa shape index (κ2) is 5.61. The molecule has 1 aromatic carbocycles. The molecular weight excluding hydrogens is 269 g/mol. The van der Waals surface area contributed by atoms with E-state index in [1.54, 1.807) is 0 Å². The SMILES string of the molecule is CC(C)COC(=O)c1ccc(C(F)(F)F)cc1Cl. The Morgan fingerprint density at radius 3 is 2.44 bits per heavy atom. The number of ether oxygens (including phenoxy) is 1. The van der Waals surface area contributed by atoms with Crippen LogP contribution in [0.3, 0.4) is 0 Å². The maximum absolute atomic E-state index is 12.4. The van der Waals surface area contributed by atoms with E-state index >= 15 is 0 Å². The van der Waals surface area contributed by atoms with E-state index in [1.807, 2.05) is 13.8 Å². The normalized spacial score (nSPS) is 11.7. The van der Waals surface area contributed by atoms with E-state index in [-0.39, 0.29) is 23.1 Å². The number of hydrogen-bond acceptors (Lipinski definition) is 2. The fourth-order valence-electron chi connectivity index (χ4n) is 1.18. The van der Waals surface area contributed by atoms with Gasteiger partial charge in [0.05, 0.1) is 22.8 Å². The second-order valence-corrected chi connectivity index (χ2v) is 4.59. The molecule has 1 aromatic rings. The Hall–Kier alpha value is -1.23. The number of halogens is 4. The summed E-state index contributed by atoms with van der Waals surface area (Å²) in [5, 5.41) is -0.265. The minimum absolute atomic E-state index is 0.0645. The summed E-state index contributed by atoms with van der Waals surface area (Å²) in [6, 6.07) is 2.54. The van der Waals surface area contributed by atoms with Gasteiger partial charge in [0.1, 0.15) is 0 Å². The first-order chi connectivity index (χ1) is 8.21. The molecule has 1 rings (SSSR count).